The number of fused-ring (bicyclic) bond motifs is 1. The average molecular weight is 499 g/mol. The topological polar surface area (TPSA) is 83.5 Å². The number of hydrogen-bond acceptors (Lipinski definition) is 7. The highest BCUT2D eigenvalue weighted by molar-refractivity contribution is 6.05. The maximum Gasteiger partial charge on any atom is 0.213 e. The van der Waals surface area contributed by atoms with Gasteiger partial charge in [0.1, 0.15) is 17.3 Å². The van der Waals surface area contributed by atoms with Gasteiger partial charge in [-0.3, -0.25) is 4.79 Å². The molecule has 3 saturated heterocycles. The fraction of sp³-hybridized carbons (Fsp3) is 0.759. The van der Waals surface area contributed by atoms with E-state index in [1.165, 1.54) is 5.57 Å². The van der Waals surface area contributed by atoms with Crippen LogP contribution < -0.4 is 0 Å². The molecule has 7 nitrogen and oxygen atoms in total. The van der Waals surface area contributed by atoms with Gasteiger partial charge in [-0.15, -0.1) is 6.58 Å². The SMILES string of the molecule is C=CCO[C@H]1CCC2=C(O1)[C@@]13COC4(OC(C)(C)O[C@@H]5[C@H]6CC[C@@H]1[C@]54C(=O)C6=C)[C@@H](O)[C@@H]3C(C)(C)C2. The van der Waals surface area contributed by atoms with Crippen molar-refractivity contribution in [2.45, 2.75) is 89.9 Å². The normalized spacial score (nSPS) is 51.2. The standard InChI is InChI=1S/C29H38O7/c1-7-12-32-19-11-8-16-13-25(3,4)20-22(31)29-28-18(27(20,14-33-29)23(16)34-19)10-9-17(15(2)21(28)30)24(28)35-26(5,6)36-29/h7,17-20,22,24,31H,1-2,8-14H2,3-6H3/t17-,18-,19+,20+,22-,24+,27-,28-,29?/m0/s1. The van der Waals surface area contributed by atoms with Crippen molar-refractivity contribution in [3.05, 3.63) is 36.1 Å². The zero-order valence-electron chi connectivity index (χ0n) is 21.8. The summed E-state index contributed by atoms with van der Waals surface area (Å²) in [6, 6.07) is 0. The molecular weight excluding hydrogens is 460 g/mol. The minimum absolute atomic E-state index is 0.0622. The number of allylic oxidation sites excluding steroid dienone is 1. The fourth-order valence-corrected chi connectivity index (χ4v) is 9.94. The zero-order valence-corrected chi connectivity index (χ0v) is 21.8. The van der Waals surface area contributed by atoms with Crippen LogP contribution in [0.3, 0.4) is 0 Å². The molecule has 7 heteroatoms. The highest BCUT2D eigenvalue weighted by Crippen LogP contribution is 2.80. The predicted octanol–water partition coefficient (Wildman–Crippen LogP) is 4.02. The largest absolute Gasteiger partial charge is 0.469 e. The lowest BCUT2D eigenvalue weighted by Gasteiger charge is -2.77. The van der Waals surface area contributed by atoms with Gasteiger partial charge in [0, 0.05) is 18.3 Å². The van der Waals surface area contributed by atoms with Crippen LogP contribution in [-0.4, -0.2) is 54.2 Å². The number of carbonyl (C=O) groups is 1. The second-order valence-corrected chi connectivity index (χ2v) is 13.2. The molecule has 0 amide bonds. The Morgan fingerprint density at radius 3 is 2.72 bits per heavy atom. The number of aliphatic hydroxyl groups excluding tert-OH is 1. The van der Waals surface area contributed by atoms with E-state index in [9.17, 15) is 9.90 Å². The average Bonchev–Trinajstić information content (AvgIpc) is 2.93. The van der Waals surface area contributed by atoms with Gasteiger partial charge in [-0.05, 0) is 62.0 Å². The van der Waals surface area contributed by atoms with Crippen LogP contribution in [0.2, 0.25) is 0 Å². The molecule has 6 fully saturated rings. The summed E-state index contributed by atoms with van der Waals surface area (Å²) in [6.45, 7) is 16.9. The third kappa shape index (κ3) is 2.37. The number of ketones is 1. The van der Waals surface area contributed by atoms with E-state index >= 15 is 0 Å². The molecule has 0 aromatic rings. The van der Waals surface area contributed by atoms with Gasteiger partial charge in [-0.2, -0.15) is 0 Å². The molecule has 196 valence electrons. The number of Topliss-reactive ketones (excluding diaryl/α,β-unsaturated/α-hetero) is 1. The van der Waals surface area contributed by atoms with E-state index in [1.807, 2.05) is 13.8 Å². The summed E-state index contributed by atoms with van der Waals surface area (Å²) in [4.78, 5) is 14.4. The number of aliphatic hydroxyl groups is 1. The molecule has 9 atom stereocenters. The number of ether oxygens (including phenoxy) is 5. The fourth-order valence-electron chi connectivity index (χ4n) is 9.94. The summed E-state index contributed by atoms with van der Waals surface area (Å²) in [5.41, 5.74) is -0.226. The summed E-state index contributed by atoms with van der Waals surface area (Å²) in [5.74, 6) is -2.13. The van der Waals surface area contributed by atoms with Crippen LogP contribution in [0, 0.1) is 34.0 Å². The van der Waals surface area contributed by atoms with Crippen LogP contribution in [0.4, 0.5) is 0 Å². The molecule has 4 aliphatic carbocycles. The van der Waals surface area contributed by atoms with Gasteiger partial charge >= 0.3 is 0 Å². The lowest BCUT2D eigenvalue weighted by molar-refractivity contribution is -0.527. The van der Waals surface area contributed by atoms with Crippen LogP contribution in [0.5, 0.6) is 0 Å². The molecule has 36 heavy (non-hydrogen) atoms. The van der Waals surface area contributed by atoms with E-state index in [2.05, 4.69) is 27.0 Å². The van der Waals surface area contributed by atoms with Crippen molar-refractivity contribution in [3.63, 3.8) is 0 Å². The minimum Gasteiger partial charge on any atom is -0.469 e. The predicted molar refractivity (Wildman–Crippen MR) is 129 cm³/mol. The van der Waals surface area contributed by atoms with E-state index in [1.54, 1.807) is 6.08 Å². The Labute approximate surface area is 212 Å². The molecule has 4 heterocycles. The van der Waals surface area contributed by atoms with Crippen LogP contribution in [0.15, 0.2) is 36.1 Å². The Bertz CT molecular complexity index is 1100. The third-order valence-electron chi connectivity index (χ3n) is 10.6. The van der Waals surface area contributed by atoms with Crippen molar-refractivity contribution in [1.82, 2.24) is 0 Å². The molecule has 3 saturated carbocycles. The molecule has 3 spiro atoms. The molecule has 1 unspecified atom stereocenters. The quantitative estimate of drug-likeness (QED) is 0.465. The Balaban J connectivity index is 1.48. The van der Waals surface area contributed by atoms with E-state index in [0.717, 1.165) is 37.9 Å². The van der Waals surface area contributed by atoms with Gasteiger partial charge < -0.3 is 28.8 Å². The first-order valence-electron chi connectivity index (χ1n) is 13.5. The third-order valence-corrected chi connectivity index (χ3v) is 10.6. The zero-order chi connectivity index (χ0) is 25.5. The first kappa shape index (κ1) is 23.6. The van der Waals surface area contributed by atoms with Crippen LogP contribution >= 0.6 is 0 Å². The Hall–Kier alpha value is -1.51. The van der Waals surface area contributed by atoms with Crippen molar-refractivity contribution in [3.8, 4) is 0 Å². The first-order chi connectivity index (χ1) is 17.0. The van der Waals surface area contributed by atoms with Crippen LogP contribution in [0.1, 0.15) is 59.8 Å². The van der Waals surface area contributed by atoms with Gasteiger partial charge in [0.05, 0.1) is 24.7 Å². The van der Waals surface area contributed by atoms with E-state index in [-0.39, 0.29) is 35.2 Å². The molecule has 8 rings (SSSR count). The smallest absolute Gasteiger partial charge is 0.213 e. The molecule has 0 aromatic heterocycles. The maximum absolute atomic E-state index is 14.4. The van der Waals surface area contributed by atoms with Gasteiger partial charge in [-0.25, -0.2) is 0 Å². The molecule has 8 aliphatic rings. The van der Waals surface area contributed by atoms with E-state index in [0.29, 0.717) is 18.8 Å². The molecule has 0 aromatic carbocycles. The highest BCUT2D eigenvalue weighted by Gasteiger charge is 2.90. The van der Waals surface area contributed by atoms with Crippen LogP contribution in [-0.2, 0) is 28.5 Å². The molecule has 0 radical (unpaired) electrons. The first-order valence-corrected chi connectivity index (χ1v) is 13.5. The minimum atomic E-state index is -1.48. The number of rotatable bonds is 3. The van der Waals surface area contributed by atoms with Gasteiger partial charge in [0.15, 0.2) is 17.9 Å². The van der Waals surface area contributed by atoms with Gasteiger partial charge in [0.2, 0.25) is 5.79 Å². The summed E-state index contributed by atoms with van der Waals surface area (Å²) in [5, 5.41) is 12.4. The molecule has 4 aliphatic heterocycles. The van der Waals surface area contributed by atoms with Crippen molar-refractivity contribution < 1.29 is 33.6 Å². The highest BCUT2D eigenvalue weighted by atomic mass is 16.8. The van der Waals surface area contributed by atoms with Crippen molar-refractivity contribution in [2.24, 2.45) is 34.0 Å². The van der Waals surface area contributed by atoms with Gasteiger partial charge in [0.25, 0.3) is 0 Å². The summed E-state index contributed by atoms with van der Waals surface area (Å²) in [6.07, 6.45) is 3.95. The Morgan fingerprint density at radius 1 is 1.19 bits per heavy atom. The van der Waals surface area contributed by atoms with E-state index < -0.39 is 34.6 Å². The molecule has 4 bridgehead atoms. The van der Waals surface area contributed by atoms with Crippen LogP contribution in [0.25, 0.3) is 0 Å². The Morgan fingerprint density at radius 2 is 1.97 bits per heavy atom. The summed E-state index contributed by atoms with van der Waals surface area (Å²) < 4.78 is 32.6. The molecular formula is C29H38O7. The number of hydrogen-bond donors (Lipinski definition) is 1. The maximum atomic E-state index is 14.4. The Kier molecular flexibility index (Phi) is 4.53. The lowest BCUT2D eigenvalue weighted by Crippen LogP contribution is -2.87. The monoisotopic (exact) mass is 498 g/mol. The second-order valence-electron chi connectivity index (χ2n) is 13.2. The second kappa shape index (κ2) is 6.92. The number of carbonyl (C=O) groups excluding carboxylic acids is 1. The summed E-state index contributed by atoms with van der Waals surface area (Å²) in [7, 11) is 0. The summed E-state index contributed by atoms with van der Waals surface area (Å²) >= 11 is 0. The van der Waals surface area contributed by atoms with Gasteiger partial charge in [-0.1, -0.05) is 26.5 Å². The van der Waals surface area contributed by atoms with Crippen molar-refractivity contribution in [2.75, 3.05) is 13.2 Å². The lowest BCUT2D eigenvalue weighted by atomic mass is 9.36. The van der Waals surface area contributed by atoms with E-state index in [4.69, 9.17) is 23.7 Å². The van der Waals surface area contributed by atoms with Crippen molar-refractivity contribution >= 4 is 5.78 Å². The van der Waals surface area contributed by atoms with Crippen molar-refractivity contribution in [1.29, 1.82) is 0 Å². The molecule has 1 N–H and O–H groups in total.